The molecule has 1 rings (SSSR count). The van der Waals surface area contributed by atoms with Crippen LogP contribution in [-0.4, -0.2) is 17.1 Å². The summed E-state index contributed by atoms with van der Waals surface area (Å²) in [6.45, 7) is 0. The SMILES string of the molecule is Cl.NC(Cc1ccc(C(F)F)cc1)C(=O)O. The van der Waals surface area contributed by atoms with Crippen molar-refractivity contribution in [3.63, 3.8) is 0 Å². The maximum atomic E-state index is 12.2. The van der Waals surface area contributed by atoms with Gasteiger partial charge in [0.2, 0.25) is 0 Å². The number of carboxylic acids is 1. The van der Waals surface area contributed by atoms with E-state index in [2.05, 4.69) is 0 Å². The zero-order chi connectivity index (χ0) is 11.4. The maximum absolute atomic E-state index is 12.2. The number of carboxylic acid groups (broad SMARTS) is 1. The normalized spacial score (nSPS) is 12.0. The van der Waals surface area contributed by atoms with E-state index in [1.54, 1.807) is 0 Å². The Hall–Kier alpha value is -1.20. The van der Waals surface area contributed by atoms with Gasteiger partial charge in [0.1, 0.15) is 6.04 Å². The second kappa shape index (κ2) is 6.40. The van der Waals surface area contributed by atoms with Crippen LogP contribution in [0.2, 0.25) is 0 Å². The van der Waals surface area contributed by atoms with Crippen LogP contribution in [0.5, 0.6) is 0 Å². The summed E-state index contributed by atoms with van der Waals surface area (Å²) in [5.41, 5.74) is 5.85. The minimum absolute atomic E-state index is 0. The zero-order valence-corrected chi connectivity index (χ0v) is 9.08. The molecule has 3 nitrogen and oxygen atoms in total. The second-order valence-corrected chi connectivity index (χ2v) is 3.19. The third-order valence-electron chi connectivity index (χ3n) is 2.00. The fourth-order valence-electron chi connectivity index (χ4n) is 1.14. The van der Waals surface area contributed by atoms with Gasteiger partial charge in [-0.15, -0.1) is 12.4 Å². The van der Waals surface area contributed by atoms with Gasteiger partial charge in [-0.05, 0) is 12.0 Å². The van der Waals surface area contributed by atoms with Crippen LogP contribution in [0.25, 0.3) is 0 Å². The first-order valence-corrected chi connectivity index (χ1v) is 4.36. The molecular formula is C10H12ClF2NO2. The van der Waals surface area contributed by atoms with E-state index in [1.807, 2.05) is 0 Å². The van der Waals surface area contributed by atoms with Gasteiger partial charge in [-0.2, -0.15) is 0 Å². The van der Waals surface area contributed by atoms with E-state index in [-0.39, 0.29) is 24.4 Å². The lowest BCUT2D eigenvalue weighted by Crippen LogP contribution is -2.32. The third kappa shape index (κ3) is 4.12. The predicted molar refractivity (Wildman–Crippen MR) is 58.0 cm³/mol. The first-order chi connectivity index (χ1) is 7.00. The number of nitrogens with two attached hydrogens (primary N) is 1. The highest BCUT2D eigenvalue weighted by atomic mass is 35.5. The summed E-state index contributed by atoms with van der Waals surface area (Å²) in [6, 6.07) is 4.47. The lowest BCUT2D eigenvalue weighted by molar-refractivity contribution is -0.138. The molecule has 6 heteroatoms. The van der Waals surface area contributed by atoms with Gasteiger partial charge in [-0.3, -0.25) is 4.79 Å². The van der Waals surface area contributed by atoms with Crippen LogP contribution in [-0.2, 0) is 11.2 Å². The Bertz CT molecular complexity index is 343. The van der Waals surface area contributed by atoms with E-state index < -0.39 is 18.4 Å². The van der Waals surface area contributed by atoms with Crippen LogP contribution in [0, 0.1) is 0 Å². The van der Waals surface area contributed by atoms with E-state index in [0.29, 0.717) is 5.56 Å². The average Bonchev–Trinajstić information content (AvgIpc) is 2.18. The standard InChI is InChI=1S/C10H11F2NO2.ClH/c11-9(12)7-3-1-6(2-4-7)5-8(13)10(14)15;/h1-4,8-9H,5,13H2,(H,14,15);1H. The summed E-state index contributed by atoms with van der Waals surface area (Å²) in [7, 11) is 0. The summed E-state index contributed by atoms with van der Waals surface area (Å²) in [5.74, 6) is -1.10. The van der Waals surface area contributed by atoms with Crippen molar-refractivity contribution in [2.24, 2.45) is 5.73 Å². The zero-order valence-electron chi connectivity index (χ0n) is 8.27. The summed E-state index contributed by atoms with van der Waals surface area (Å²) in [5, 5.41) is 8.54. The highest BCUT2D eigenvalue weighted by Crippen LogP contribution is 2.18. The number of carbonyl (C=O) groups is 1. The third-order valence-corrected chi connectivity index (χ3v) is 2.00. The number of aliphatic carboxylic acids is 1. The average molecular weight is 252 g/mol. The monoisotopic (exact) mass is 251 g/mol. The van der Waals surface area contributed by atoms with Crippen molar-refractivity contribution in [3.8, 4) is 0 Å². The molecule has 0 aromatic heterocycles. The Morgan fingerprint density at radius 1 is 1.31 bits per heavy atom. The fourth-order valence-corrected chi connectivity index (χ4v) is 1.14. The van der Waals surface area contributed by atoms with Gasteiger partial charge in [-0.25, -0.2) is 8.78 Å². The quantitative estimate of drug-likeness (QED) is 0.860. The molecule has 3 N–H and O–H groups in total. The second-order valence-electron chi connectivity index (χ2n) is 3.19. The first kappa shape index (κ1) is 14.8. The van der Waals surface area contributed by atoms with Gasteiger partial charge in [-0.1, -0.05) is 24.3 Å². The van der Waals surface area contributed by atoms with Gasteiger partial charge >= 0.3 is 5.97 Å². The fraction of sp³-hybridized carbons (Fsp3) is 0.300. The molecule has 0 saturated carbocycles. The summed E-state index contributed by atoms with van der Waals surface area (Å²) < 4.78 is 24.3. The van der Waals surface area contributed by atoms with E-state index in [4.69, 9.17) is 10.8 Å². The number of halogens is 3. The molecule has 0 fully saturated rings. The molecule has 90 valence electrons. The topological polar surface area (TPSA) is 63.3 Å². The molecule has 0 spiro atoms. The minimum atomic E-state index is -2.51. The lowest BCUT2D eigenvalue weighted by atomic mass is 10.1. The lowest BCUT2D eigenvalue weighted by Gasteiger charge is -2.07. The molecule has 0 bridgehead atoms. The highest BCUT2D eigenvalue weighted by molar-refractivity contribution is 5.85. The molecule has 0 saturated heterocycles. The minimum Gasteiger partial charge on any atom is -0.480 e. The number of hydrogen-bond donors (Lipinski definition) is 2. The van der Waals surface area contributed by atoms with Crippen LogP contribution in [0.3, 0.4) is 0 Å². The molecule has 1 aromatic carbocycles. The Morgan fingerprint density at radius 2 is 1.81 bits per heavy atom. The van der Waals surface area contributed by atoms with Gasteiger partial charge in [0.25, 0.3) is 6.43 Å². The number of hydrogen-bond acceptors (Lipinski definition) is 2. The van der Waals surface area contributed by atoms with Gasteiger partial charge in [0, 0.05) is 5.56 Å². The van der Waals surface area contributed by atoms with Crippen LogP contribution in [0.4, 0.5) is 8.78 Å². The molecule has 1 aromatic rings. The smallest absolute Gasteiger partial charge is 0.320 e. The molecule has 0 amide bonds. The molecule has 1 unspecified atom stereocenters. The first-order valence-electron chi connectivity index (χ1n) is 4.36. The van der Waals surface area contributed by atoms with E-state index in [1.165, 1.54) is 24.3 Å². The van der Waals surface area contributed by atoms with Crippen molar-refractivity contribution in [3.05, 3.63) is 35.4 Å². The summed E-state index contributed by atoms with van der Waals surface area (Å²) >= 11 is 0. The molecule has 16 heavy (non-hydrogen) atoms. The van der Waals surface area contributed by atoms with Crippen molar-refractivity contribution in [2.75, 3.05) is 0 Å². The van der Waals surface area contributed by atoms with E-state index in [9.17, 15) is 13.6 Å². The van der Waals surface area contributed by atoms with Crippen LogP contribution >= 0.6 is 12.4 Å². The van der Waals surface area contributed by atoms with E-state index in [0.717, 1.165) is 0 Å². The Morgan fingerprint density at radius 3 is 2.19 bits per heavy atom. The summed E-state index contributed by atoms with van der Waals surface area (Å²) in [6.07, 6.45) is -2.37. The van der Waals surface area contributed by atoms with Gasteiger partial charge in [0.05, 0.1) is 0 Å². The largest absolute Gasteiger partial charge is 0.480 e. The Kier molecular flexibility index (Phi) is 5.92. The van der Waals surface area contributed by atoms with Crippen molar-refractivity contribution in [2.45, 2.75) is 18.9 Å². The number of benzene rings is 1. The molecule has 0 aliphatic heterocycles. The molecule has 0 aliphatic carbocycles. The molecule has 0 radical (unpaired) electrons. The highest BCUT2D eigenvalue weighted by Gasteiger charge is 2.12. The number of alkyl halides is 2. The van der Waals surface area contributed by atoms with Gasteiger partial charge in [0.15, 0.2) is 0 Å². The Balaban J connectivity index is 0.00000225. The van der Waals surface area contributed by atoms with E-state index >= 15 is 0 Å². The predicted octanol–water partition coefficient (Wildman–Crippen LogP) is 2.00. The molecule has 1 atom stereocenters. The summed E-state index contributed by atoms with van der Waals surface area (Å²) in [4.78, 5) is 10.4. The maximum Gasteiger partial charge on any atom is 0.320 e. The molecular weight excluding hydrogens is 240 g/mol. The van der Waals surface area contributed by atoms with Crippen molar-refractivity contribution < 1.29 is 18.7 Å². The van der Waals surface area contributed by atoms with Crippen LogP contribution in [0.1, 0.15) is 17.6 Å². The van der Waals surface area contributed by atoms with Crippen LogP contribution in [0.15, 0.2) is 24.3 Å². The molecule has 0 aliphatic rings. The van der Waals surface area contributed by atoms with Crippen molar-refractivity contribution in [1.29, 1.82) is 0 Å². The van der Waals surface area contributed by atoms with Gasteiger partial charge < -0.3 is 10.8 Å². The Labute approximate surface area is 97.7 Å². The van der Waals surface area contributed by atoms with Crippen molar-refractivity contribution in [1.82, 2.24) is 0 Å². The van der Waals surface area contributed by atoms with Crippen LogP contribution < -0.4 is 5.73 Å². The van der Waals surface area contributed by atoms with Crippen molar-refractivity contribution >= 4 is 18.4 Å². The number of rotatable bonds is 4. The molecule has 0 heterocycles.